The summed E-state index contributed by atoms with van der Waals surface area (Å²) in [7, 11) is 0. The molecule has 3 nitrogen and oxygen atoms in total. The van der Waals surface area contributed by atoms with E-state index in [2.05, 4.69) is 69.4 Å². The number of aryl methyl sites for hydroxylation is 3. The Hall–Kier alpha value is -1.61. The van der Waals surface area contributed by atoms with Gasteiger partial charge in [0, 0.05) is 30.9 Å². The normalized spacial score (nSPS) is 11.3. The molecule has 3 heteroatoms. The topological polar surface area (TPSA) is 29.9 Å². The number of nitrogens with zero attached hydrogens (tertiary/aromatic N) is 2. The average Bonchev–Trinajstić information content (AvgIpc) is 2.78. The number of rotatable bonds is 5. The van der Waals surface area contributed by atoms with Crippen molar-refractivity contribution in [3.05, 3.63) is 41.2 Å². The van der Waals surface area contributed by atoms with Gasteiger partial charge in [-0.05, 0) is 31.9 Å². The molecular formula is C17H25N3. The zero-order chi connectivity index (χ0) is 14.7. The van der Waals surface area contributed by atoms with Crippen LogP contribution in [0.3, 0.4) is 0 Å². The molecule has 0 saturated heterocycles. The molecule has 2 rings (SSSR count). The Morgan fingerprint density at radius 1 is 1.20 bits per heavy atom. The lowest BCUT2D eigenvalue weighted by Gasteiger charge is -2.13. The van der Waals surface area contributed by atoms with E-state index < -0.39 is 0 Å². The molecule has 20 heavy (non-hydrogen) atoms. The van der Waals surface area contributed by atoms with Crippen LogP contribution in [0.1, 0.15) is 37.6 Å². The SMILES string of the molecule is CCn1cc(-c2cc(C)ccc2CNC(C)C)c(C)n1. The molecule has 0 amide bonds. The van der Waals surface area contributed by atoms with Crippen molar-refractivity contribution in [2.45, 2.75) is 53.8 Å². The molecule has 2 aromatic rings. The molecule has 0 aliphatic heterocycles. The van der Waals surface area contributed by atoms with Gasteiger partial charge in [0.15, 0.2) is 0 Å². The lowest BCUT2D eigenvalue weighted by Crippen LogP contribution is -2.22. The van der Waals surface area contributed by atoms with Crippen molar-refractivity contribution in [3.63, 3.8) is 0 Å². The first-order valence-electron chi connectivity index (χ1n) is 7.38. The van der Waals surface area contributed by atoms with Crippen LogP contribution in [-0.4, -0.2) is 15.8 Å². The second-order valence-corrected chi connectivity index (χ2v) is 5.68. The van der Waals surface area contributed by atoms with E-state index in [9.17, 15) is 0 Å². The van der Waals surface area contributed by atoms with Crippen LogP contribution in [0.5, 0.6) is 0 Å². The fraction of sp³-hybridized carbons (Fsp3) is 0.471. The van der Waals surface area contributed by atoms with Crippen molar-refractivity contribution in [1.82, 2.24) is 15.1 Å². The summed E-state index contributed by atoms with van der Waals surface area (Å²) in [5, 5.41) is 8.07. The highest BCUT2D eigenvalue weighted by Gasteiger charge is 2.11. The van der Waals surface area contributed by atoms with Crippen molar-refractivity contribution in [3.8, 4) is 11.1 Å². The first-order chi connectivity index (χ1) is 9.51. The monoisotopic (exact) mass is 271 g/mol. The zero-order valence-corrected chi connectivity index (χ0v) is 13.2. The summed E-state index contributed by atoms with van der Waals surface area (Å²) < 4.78 is 2.01. The Morgan fingerprint density at radius 3 is 2.55 bits per heavy atom. The van der Waals surface area contributed by atoms with Crippen molar-refractivity contribution in [1.29, 1.82) is 0 Å². The second-order valence-electron chi connectivity index (χ2n) is 5.68. The van der Waals surface area contributed by atoms with Gasteiger partial charge in [-0.1, -0.05) is 37.6 Å². The predicted octanol–water partition coefficient (Wildman–Crippen LogP) is 3.68. The first-order valence-corrected chi connectivity index (χ1v) is 7.38. The van der Waals surface area contributed by atoms with E-state index in [1.54, 1.807) is 0 Å². The highest BCUT2D eigenvalue weighted by molar-refractivity contribution is 5.69. The lowest BCUT2D eigenvalue weighted by molar-refractivity contribution is 0.589. The zero-order valence-electron chi connectivity index (χ0n) is 13.2. The van der Waals surface area contributed by atoms with Crippen LogP contribution >= 0.6 is 0 Å². The summed E-state index contributed by atoms with van der Waals surface area (Å²) in [5.41, 5.74) is 6.27. The second kappa shape index (κ2) is 6.23. The van der Waals surface area contributed by atoms with E-state index in [-0.39, 0.29) is 0 Å². The van der Waals surface area contributed by atoms with E-state index in [4.69, 9.17) is 0 Å². The van der Waals surface area contributed by atoms with Crippen LogP contribution in [0.15, 0.2) is 24.4 Å². The van der Waals surface area contributed by atoms with Crippen molar-refractivity contribution in [2.24, 2.45) is 0 Å². The molecule has 0 fully saturated rings. The van der Waals surface area contributed by atoms with Crippen LogP contribution in [0.25, 0.3) is 11.1 Å². The number of benzene rings is 1. The molecule has 0 aliphatic carbocycles. The highest BCUT2D eigenvalue weighted by atomic mass is 15.3. The summed E-state index contributed by atoms with van der Waals surface area (Å²) in [6.45, 7) is 12.5. The van der Waals surface area contributed by atoms with Crippen molar-refractivity contribution < 1.29 is 0 Å². The summed E-state index contributed by atoms with van der Waals surface area (Å²) in [6, 6.07) is 7.16. The minimum atomic E-state index is 0.489. The minimum absolute atomic E-state index is 0.489. The van der Waals surface area contributed by atoms with Gasteiger partial charge in [-0.25, -0.2) is 0 Å². The van der Waals surface area contributed by atoms with Gasteiger partial charge in [0.1, 0.15) is 0 Å². The van der Waals surface area contributed by atoms with Gasteiger partial charge in [0.05, 0.1) is 5.69 Å². The first kappa shape index (κ1) is 14.8. The van der Waals surface area contributed by atoms with Gasteiger partial charge in [-0.2, -0.15) is 5.10 Å². The third kappa shape index (κ3) is 3.28. The van der Waals surface area contributed by atoms with Gasteiger partial charge >= 0.3 is 0 Å². The molecule has 0 bridgehead atoms. The maximum atomic E-state index is 4.57. The molecule has 1 aromatic carbocycles. The third-order valence-corrected chi connectivity index (χ3v) is 3.53. The number of hydrogen-bond donors (Lipinski definition) is 1. The van der Waals surface area contributed by atoms with Crippen LogP contribution in [0.2, 0.25) is 0 Å². The van der Waals surface area contributed by atoms with Gasteiger partial charge in [0.25, 0.3) is 0 Å². The molecule has 1 N–H and O–H groups in total. The van der Waals surface area contributed by atoms with Gasteiger partial charge in [0.2, 0.25) is 0 Å². The number of aromatic nitrogens is 2. The summed E-state index contributed by atoms with van der Waals surface area (Å²) >= 11 is 0. The molecule has 0 spiro atoms. The molecule has 0 unspecified atom stereocenters. The summed E-state index contributed by atoms with van der Waals surface area (Å²) in [6.07, 6.45) is 2.16. The van der Waals surface area contributed by atoms with Crippen molar-refractivity contribution in [2.75, 3.05) is 0 Å². The summed E-state index contributed by atoms with van der Waals surface area (Å²) in [4.78, 5) is 0. The fourth-order valence-electron chi connectivity index (χ4n) is 2.35. The summed E-state index contributed by atoms with van der Waals surface area (Å²) in [5.74, 6) is 0. The van der Waals surface area contributed by atoms with E-state index in [0.29, 0.717) is 6.04 Å². The van der Waals surface area contributed by atoms with Crippen LogP contribution < -0.4 is 5.32 Å². The highest BCUT2D eigenvalue weighted by Crippen LogP contribution is 2.27. The number of hydrogen-bond acceptors (Lipinski definition) is 2. The predicted molar refractivity (Wildman–Crippen MR) is 84.8 cm³/mol. The van der Waals surface area contributed by atoms with Crippen LogP contribution in [-0.2, 0) is 13.1 Å². The van der Waals surface area contributed by atoms with Crippen LogP contribution in [0, 0.1) is 13.8 Å². The molecule has 108 valence electrons. The minimum Gasteiger partial charge on any atom is -0.310 e. The largest absolute Gasteiger partial charge is 0.310 e. The molecular weight excluding hydrogens is 246 g/mol. The van der Waals surface area contributed by atoms with E-state index in [1.165, 1.54) is 22.3 Å². The molecule has 0 aliphatic rings. The maximum absolute atomic E-state index is 4.57. The third-order valence-electron chi connectivity index (χ3n) is 3.53. The molecule has 1 aromatic heterocycles. The molecule has 1 heterocycles. The molecule has 0 saturated carbocycles. The standard InChI is InChI=1S/C17H25N3/c1-6-20-11-17(14(5)19-20)16-9-13(4)7-8-15(16)10-18-12(2)3/h7-9,11-12,18H,6,10H2,1-5H3. The maximum Gasteiger partial charge on any atom is 0.0672 e. The Balaban J connectivity index is 2.42. The lowest BCUT2D eigenvalue weighted by atomic mass is 9.98. The Morgan fingerprint density at radius 2 is 1.95 bits per heavy atom. The van der Waals surface area contributed by atoms with Gasteiger partial charge < -0.3 is 5.32 Å². The van der Waals surface area contributed by atoms with Crippen molar-refractivity contribution >= 4 is 0 Å². The quantitative estimate of drug-likeness (QED) is 0.899. The van der Waals surface area contributed by atoms with E-state index >= 15 is 0 Å². The van der Waals surface area contributed by atoms with Crippen LogP contribution in [0.4, 0.5) is 0 Å². The van der Waals surface area contributed by atoms with Gasteiger partial charge in [-0.3, -0.25) is 4.68 Å². The smallest absolute Gasteiger partial charge is 0.0672 e. The Labute approximate surface area is 122 Å². The van der Waals surface area contributed by atoms with E-state index in [1.807, 2.05) is 4.68 Å². The van der Waals surface area contributed by atoms with E-state index in [0.717, 1.165) is 18.8 Å². The molecule has 0 atom stereocenters. The van der Waals surface area contributed by atoms with Gasteiger partial charge in [-0.15, -0.1) is 0 Å². The Bertz CT molecular complexity index is 582. The molecule has 0 radical (unpaired) electrons. The number of nitrogens with one attached hydrogen (secondary N) is 1. The Kier molecular flexibility index (Phi) is 4.61. The fourth-order valence-corrected chi connectivity index (χ4v) is 2.35. The average molecular weight is 271 g/mol.